The zero-order chi connectivity index (χ0) is 20.3. The number of hydrogen-bond donors (Lipinski definition) is 1. The molecule has 0 radical (unpaired) electrons. The van der Waals surface area contributed by atoms with Crippen molar-refractivity contribution in [3.63, 3.8) is 0 Å². The van der Waals surface area contributed by atoms with E-state index in [0.29, 0.717) is 6.61 Å². The largest absolute Gasteiger partial charge is 0.490 e. The van der Waals surface area contributed by atoms with Crippen molar-refractivity contribution in [1.82, 2.24) is 9.97 Å². The van der Waals surface area contributed by atoms with Crippen molar-refractivity contribution >= 4 is 11.5 Å². The van der Waals surface area contributed by atoms with E-state index in [1.54, 1.807) is 18.6 Å². The number of rotatable bonds is 5. The summed E-state index contributed by atoms with van der Waals surface area (Å²) in [5.74, 6) is 2.53. The Hall–Kier alpha value is -3.28. The van der Waals surface area contributed by atoms with Crippen molar-refractivity contribution in [3.8, 4) is 11.5 Å². The summed E-state index contributed by atoms with van der Waals surface area (Å²) in [5.41, 5.74) is 6.18. The molecule has 1 atom stereocenters. The summed E-state index contributed by atoms with van der Waals surface area (Å²) in [6, 6.07) is 17.3. The summed E-state index contributed by atoms with van der Waals surface area (Å²) in [5, 5.41) is 0. The summed E-state index contributed by atoms with van der Waals surface area (Å²) in [7, 11) is 0. The molecule has 3 aromatic rings. The summed E-state index contributed by atoms with van der Waals surface area (Å²) in [4.78, 5) is 10.7. The summed E-state index contributed by atoms with van der Waals surface area (Å²) < 4.78 is 11.8. The van der Waals surface area contributed by atoms with Gasteiger partial charge in [0, 0.05) is 24.6 Å². The number of anilines is 2. The van der Waals surface area contributed by atoms with Crippen molar-refractivity contribution in [3.05, 3.63) is 73.2 Å². The molecule has 2 N–H and O–H groups in total. The first-order chi connectivity index (χ1) is 14.3. The molecular weight excluding hydrogens is 364 g/mol. The van der Waals surface area contributed by atoms with Gasteiger partial charge in [0.1, 0.15) is 11.9 Å². The van der Waals surface area contributed by atoms with Gasteiger partial charge < -0.3 is 20.1 Å². The third kappa shape index (κ3) is 6.38. The number of nitrogens with zero attached hydrogens (tertiary/aromatic N) is 3. The zero-order valence-corrected chi connectivity index (χ0v) is 16.8. The molecule has 29 heavy (non-hydrogen) atoms. The Bertz CT molecular complexity index is 846. The average Bonchev–Trinajstić information content (AvgIpc) is 2.77. The fourth-order valence-electron chi connectivity index (χ4n) is 3.15. The molecule has 6 nitrogen and oxygen atoms in total. The molecule has 152 valence electrons. The molecule has 0 amide bonds. The van der Waals surface area contributed by atoms with E-state index in [-0.39, 0.29) is 6.10 Å². The molecule has 1 aromatic heterocycles. The van der Waals surface area contributed by atoms with Crippen LogP contribution in [0.15, 0.2) is 73.2 Å². The highest BCUT2D eigenvalue weighted by Crippen LogP contribution is 2.29. The van der Waals surface area contributed by atoms with E-state index >= 15 is 0 Å². The number of nitrogen functional groups attached to an aromatic ring is 1. The predicted molar refractivity (Wildman–Crippen MR) is 116 cm³/mol. The van der Waals surface area contributed by atoms with Crippen LogP contribution < -0.4 is 20.1 Å². The van der Waals surface area contributed by atoms with Crippen LogP contribution in [0.1, 0.15) is 19.8 Å². The van der Waals surface area contributed by atoms with Gasteiger partial charge in [-0.2, -0.15) is 0 Å². The molecule has 1 saturated heterocycles. The molecule has 2 heterocycles. The molecule has 1 aliphatic heterocycles. The van der Waals surface area contributed by atoms with Gasteiger partial charge in [0.15, 0.2) is 11.5 Å². The first-order valence-corrected chi connectivity index (χ1v) is 9.96. The Labute approximate surface area is 172 Å². The Morgan fingerprint density at radius 3 is 2.45 bits per heavy atom. The van der Waals surface area contributed by atoms with Crippen molar-refractivity contribution in [2.75, 3.05) is 30.3 Å². The minimum absolute atomic E-state index is 0.136. The van der Waals surface area contributed by atoms with Crippen LogP contribution in [-0.4, -0.2) is 35.8 Å². The summed E-state index contributed by atoms with van der Waals surface area (Å²) in [6.07, 6.45) is 7.48. The second kappa shape index (κ2) is 10.9. The van der Waals surface area contributed by atoms with Crippen LogP contribution in [0.3, 0.4) is 0 Å². The number of aromatic nitrogens is 2. The second-order valence-corrected chi connectivity index (χ2v) is 6.68. The van der Waals surface area contributed by atoms with Gasteiger partial charge in [-0.3, -0.25) is 4.98 Å². The number of piperidine rings is 1. The Morgan fingerprint density at radius 2 is 1.79 bits per heavy atom. The van der Waals surface area contributed by atoms with Crippen LogP contribution in [0.2, 0.25) is 0 Å². The molecule has 2 aromatic carbocycles. The van der Waals surface area contributed by atoms with E-state index in [0.717, 1.165) is 48.9 Å². The molecule has 1 aliphatic rings. The van der Waals surface area contributed by atoms with Crippen LogP contribution >= 0.6 is 0 Å². The predicted octanol–water partition coefficient (Wildman–Crippen LogP) is 4.19. The van der Waals surface area contributed by atoms with E-state index in [1.807, 2.05) is 61.5 Å². The van der Waals surface area contributed by atoms with Crippen LogP contribution in [0, 0.1) is 0 Å². The number of ether oxygens (including phenoxy) is 2. The van der Waals surface area contributed by atoms with Gasteiger partial charge in [-0.15, -0.1) is 0 Å². The topological polar surface area (TPSA) is 73.5 Å². The first-order valence-electron chi connectivity index (χ1n) is 9.96. The van der Waals surface area contributed by atoms with Gasteiger partial charge in [0.05, 0.1) is 19.3 Å². The minimum Gasteiger partial charge on any atom is -0.490 e. The lowest BCUT2D eigenvalue weighted by Crippen LogP contribution is -2.41. The van der Waals surface area contributed by atoms with Gasteiger partial charge in [-0.05, 0) is 44.0 Å². The number of benzene rings is 2. The lowest BCUT2D eigenvalue weighted by atomic mass is 10.1. The van der Waals surface area contributed by atoms with Crippen molar-refractivity contribution in [2.24, 2.45) is 0 Å². The van der Waals surface area contributed by atoms with E-state index in [9.17, 15) is 0 Å². The number of para-hydroxylation sites is 3. The third-order valence-corrected chi connectivity index (χ3v) is 4.49. The highest BCUT2D eigenvalue weighted by molar-refractivity contribution is 5.40. The van der Waals surface area contributed by atoms with Gasteiger partial charge >= 0.3 is 0 Å². The molecule has 1 fully saturated rings. The van der Waals surface area contributed by atoms with E-state index in [1.165, 1.54) is 0 Å². The van der Waals surface area contributed by atoms with Crippen molar-refractivity contribution in [2.45, 2.75) is 25.9 Å². The monoisotopic (exact) mass is 392 g/mol. The maximum atomic E-state index is 6.18. The van der Waals surface area contributed by atoms with Gasteiger partial charge in [-0.25, -0.2) is 4.98 Å². The van der Waals surface area contributed by atoms with Gasteiger partial charge in [0.25, 0.3) is 0 Å². The van der Waals surface area contributed by atoms with Crippen LogP contribution in [0.25, 0.3) is 0 Å². The van der Waals surface area contributed by atoms with Crippen molar-refractivity contribution in [1.29, 1.82) is 0 Å². The maximum absolute atomic E-state index is 6.18. The quantitative estimate of drug-likeness (QED) is 0.656. The Balaban J connectivity index is 0.000000290. The fourth-order valence-corrected chi connectivity index (χ4v) is 3.15. The summed E-state index contributed by atoms with van der Waals surface area (Å²) >= 11 is 0. The smallest absolute Gasteiger partial charge is 0.161 e. The molecular formula is C23H28N4O2. The zero-order valence-electron chi connectivity index (χ0n) is 16.8. The molecule has 6 heteroatoms. The standard InChI is InChI=1S/C17H21N3O2.C6H7N/c1-2-21-15-7-3-4-8-16(15)22-14-6-5-11-20(13-14)17-12-18-9-10-19-17;7-6-4-2-1-3-5-6/h3-4,7-10,12,14H,2,5-6,11,13H2,1H3;1-5H,7H2. The molecule has 0 aliphatic carbocycles. The minimum atomic E-state index is 0.136. The molecule has 0 spiro atoms. The Morgan fingerprint density at radius 1 is 1.03 bits per heavy atom. The number of nitrogens with two attached hydrogens (primary N) is 1. The van der Waals surface area contributed by atoms with Gasteiger partial charge in [-0.1, -0.05) is 30.3 Å². The van der Waals surface area contributed by atoms with Crippen LogP contribution in [0.5, 0.6) is 11.5 Å². The molecule has 0 bridgehead atoms. The van der Waals surface area contributed by atoms with Gasteiger partial charge in [0.2, 0.25) is 0 Å². The highest BCUT2D eigenvalue weighted by atomic mass is 16.5. The van der Waals surface area contributed by atoms with E-state index < -0.39 is 0 Å². The first kappa shape index (κ1) is 20.5. The fraction of sp³-hybridized carbons (Fsp3) is 0.304. The second-order valence-electron chi connectivity index (χ2n) is 6.68. The summed E-state index contributed by atoms with van der Waals surface area (Å²) in [6.45, 7) is 4.43. The maximum Gasteiger partial charge on any atom is 0.161 e. The number of hydrogen-bond acceptors (Lipinski definition) is 6. The molecule has 4 rings (SSSR count). The van der Waals surface area contributed by atoms with Crippen LogP contribution in [0.4, 0.5) is 11.5 Å². The Kier molecular flexibility index (Phi) is 7.69. The highest BCUT2D eigenvalue weighted by Gasteiger charge is 2.23. The van der Waals surface area contributed by atoms with Crippen molar-refractivity contribution < 1.29 is 9.47 Å². The van der Waals surface area contributed by atoms with Crippen LogP contribution in [-0.2, 0) is 0 Å². The normalized spacial score (nSPS) is 15.8. The molecule has 1 unspecified atom stereocenters. The lowest BCUT2D eigenvalue weighted by molar-refractivity contribution is 0.170. The third-order valence-electron chi connectivity index (χ3n) is 4.49. The lowest BCUT2D eigenvalue weighted by Gasteiger charge is -2.33. The molecule has 0 saturated carbocycles. The SMILES string of the molecule is CCOc1ccccc1OC1CCCN(c2cnccn2)C1.Nc1ccccc1. The van der Waals surface area contributed by atoms with E-state index in [2.05, 4.69) is 14.9 Å². The average molecular weight is 393 g/mol. The van der Waals surface area contributed by atoms with E-state index in [4.69, 9.17) is 15.2 Å².